The molecular formula is C27H24FN3O3. The molecule has 0 aliphatic rings. The van der Waals surface area contributed by atoms with Crippen molar-refractivity contribution in [3.05, 3.63) is 96.1 Å². The number of carbonyl (C=O) groups is 1. The van der Waals surface area contributed by atoms with Gasteiger partial charge in [-0.2, -0.15) is 0 Å². The van der Waals surface area contributed by atoms with E-state index in [-0.39, 0.29) is 5.82 Å². The summed E-state index contributed by atoms with van der Waals surface area (Å²) in [6.45, 7) is 5.15. The molecule has 6 nitrogen and oxygen atoms in total. The van der Waals surface area contributed by atoms with Crippen molar-refractivity contribution < 1.29 is 19.0 Å². The van der Waals surface area contributed by atoms with Crippen LogP contribution in [0.3, 0.4) is 0 Å². The topological polar surface area (TPSA) is 84.3 Å². The van der Waals surface area contributed by atoms with Gasteiger partial charge in [-0.05, 0) is 68.8 Å². The smallest absolute Gasteiger partial charge is 0.313 e. The van der Waals surface area contributed by atoms with E-state index in [2.05, 4.69) is 15.3 Å². The molecule has 0 spiro atoms. The molecule has 0 atom stereocenters. The van der Waals surface area contributed by atoms with Crippen LogP contribution in [0.15, 0.2) is 79.0 Å². The van der Waals surface area contributed by atoms with Gasteiger partial charge in [-0.15, -0.1) is 0 Å². The lowest BCUT2D eigenvalue weighted by atomic mass is 9.84. The van der Waals surface area contributed by atoms with E-state index in [1.165, 1.54) is 6.07 Å². The van der Waals surface area contributed by atoms with Gasteiger partial charge >= 0.3 is 5.97 Å². The van der Waals surface area contributed by atoms with E-state index in [0.717, 1.165) is 5.69 Å². The van der Waals surface area contributed by atoms with E-state index in [1.807, 2.05) is 13.0 Å². The summed E-state index contributed by atoms with van der Waals surface area (Å²) < 4.78 is 20.5. The van der Waals surface area contributed by atoms with Gasteiger partial charge < -0.3 is 15.2 Å². The third-order valence-corrected chi connectivity index (χ3v) is 5.48. The van der Waals surface area contributed by atoms with Crippen molar-refractivity contribution in [3.63, 3.8) is 0 Å². The minimum Gasteiger partial charge on any atom is -0.481 e. The number of ether oxygens (including phenoxy) is 1. The molecule has 0 aliphatic heterocycles. The van der Waals surface area contributed by atoms with Gasteiger partial charge in [0.05, 0.1) is 5.41 Å². The number of hydrogen-bond donors (Lipinski definition) is 2. The fourth-order valence-corrected chi connectivity index (χ4v) is 3.40. The molecule has 4 rings (SSSR count). The molecule has 2 aromatic heterocycles. The zero-order chi connectivity index (χ0) is 24.3. The van der Waals surface area contributed by atoms with E-state index < -0.39 is 11.4 Å². The standard InChI is InChI=1S/C27H24FN3O3/c1-17-11-12-23(25(30-17)21-9-4-5-10-22(21)28)34-20-13-14-29-24(16-20)31-19-8-6-7-18(15-19)27(2,3)26(32)33/h4-16H,1-3H3,(H,29,31)(H,32,33). The second kappa shape index (κ2) is 9.31. The Morgan fingerprint density at radius 1 is 1.03 bits per heavy atom. The van der Waals surface area contributed by atoms with E-state index in [4.69, 9.17) is 4.74 Å². The number of hydrogen-bond acceptors (Lipinski definition) is 5. The summed E-state index contributed by atoms with van der Waals surface area (Å²) in [5.74, 6) is 0.123. The molecular weight excluding hydrogens is 433 g/mol. The largest absolute Gasteiger partial charge is 0.481 e. The minimum atomic E-state index is -1.03. The molecule has 172 valence electrons. The van der Waals surface area contributed by atoms with E-state index in [1.54, 1.807) is 80.7 Å². The average Bonchev–Trinajstić information content (AvgIpc) is 2.81. The Balaban J connectivity index is 1.61. The number of aliphatic carboxylic acids is 1. The Hall–Kier alpha value is -4.26. The van der Waals surface area contributed by atoms with Crippen LogP contribution in [0, 0.1) is 12.7 Å². The van der Waals surface area contributed by atoms with Crippen molar-refractivity contribution in [1.82, 2.24) is 9.97 Å². The molecule has 2 heterocycles. The number of aryl methyl sites for hydroxylation is 1. The molecule has 34 heavy (non-hydrogen) atoms. The second-order valence-corrected chi connectivity index (χ2v) is 8.39. The van der Waals surface area contributed by atoms with Crippen molar-refractivity contribution in [3.8, 4) is 22.8 Å². The zero-order valence-electron chi connectivity index (χ0n) is 19.0. The number of carboxylic acids is 1. The Morgan fingerprint density at radius 3 is 2.59 bits per heavy atom. The van der Waals surface area contributed by atoms with Crippen LogP contribution in [0.2, 0.25) is 0 Å². The Morgan fingerprint density at radius 2 is 1.82 bits per heavy atom. The van der Waals surface area contributed by atoms with Gasteiger partial charge in [-0.1, -0.05) is 24.3 Å². The van der Waals surface area contributed by atoms with Crippen molar-refractivity contribution in [2.45, 2.75) is 26.2 Å². The van der Waals surface area contributed by atoms with Gasteiger partial charge in [-0.3, -0.25) is 4.79 Å². The van der Waals surface area contributed by atoms with Crippen molar-refractivity contribution in [2.24, 2.45) is 0 Å². The molecule has 0 amide bonds. The van der Waals surface area contributed by atoms with E-state index in [9.17, 15) is 14.3 Å². The zero-order valence-corrected chi connectivity index (χ0v) is 19.0. The molecule has 2 aromatic carbocycles. The lowest BCUT2D eigenvalue weighted by Crippen LogP contribution is -2.28. The van der Waals surface area contributed by atoms with Crippen LogP contribution in [-0.4, -0.2) is 21.0 Å². The molecule has 2 N–H and O–H groups in total. The SMILES string of the molecule is Cc1ccc(Oc2ccnc(Nc3cccc(C(C)(C)C(=O)O)c3)c2)c(-c2ccccc2F)n1. The molecule has 7 heteroatoms. The first-order valence-corrected chi connectivity index (χ1v) is 10.7. The van der Waals surface area contributed by atoms with Crippen molar-refractivity contribution in [1.29, 1.82) is 0 Å². The fraction of sp³-hybridized carbons (Fsp3) is 0.148. The first kappa shape index (κ1) is 22.9. The van der Waals surface area contributed by atoms with E-state index >= 15 is 0 Å². The van der Waals surface area contributed by atoms with Crippen LogP contribution >= 0.6 is 0 Å². The lowest BCUT2D eigenvalue weighted by Gasteiger charge is -2.20. The highest BCUT2D eigenvalue weighted by Crippen LogP contribution is 2.34. The highest BCUT2D eigenvalue weighted by atomic mass is 19.1. The van der Waals surface area contributed by atoms with Crippen LogP contribution in [-0.2, 0) is 10.2 Å². The van der Waals surface area contributed by atoms with Gasteiger partial charge in [0.15, 0.2) is 5.75 Å². The average molecular weight is 458 g/mol. The summed E-state index contributed by atoms with van der Waals surface area (Å²) in [4.78, 5) is 20.4. The molecule has 0 fully saturated rings. The number of halogens is 1. The van der Waals surface area contributed by atoms with Crippen molar-refractivity contribution >= 4 is 17.5 Å². The summed E-state index contributed by atoms with van der Waals surface area (Å²) in [5, 5.41) is 12.7. The number of nitrogens with one attached hydrogen (secondary N) is 1. The maximum absolute atomic E-state index is 14.4. The number of benzene rings is 2. The first-order chi connectivity index (χ1) is 16.2. The normalized spacial score (nSPS) is 11.2. The van der Waals surface area contributed by atoms with E-state index in [0.29, 0.717) is 39.8 Å². The van der Waals surface area contributed by atoms with Crippen molar-refractivity contribution in [2.75, 3.05) is 5.32 Å². The van der Waals surface area contributed by atoms with Gasteiger partial charge in [0, 0.05) is 29.2 Å². The van der Waals surface area contributed by atoms with Gasteiger partial charge in [0.25, 0.3) is 0 Å². The molecule has 0 saturated carbocycles. The van der Waals surface area contributed by atoms with Crippen LogP contribution in [0.5, 0.6) is 11.5 Å². The second-order valence-electron chi connectivity index (χ2n) is 8.39. The first-order valence-electron chi connectivity index (χ1n) is 10.7. The monoisotopic (exact) mass is 457 g/mol. The summed E-state index contributed by atoms with van der Waals surface area (Å²) in [5.41, 5.74) is 1.84. The lowest BCUT2D eigenvalue weighted by molar-refractivity contribution is -0.142. The maximum atomic E-state index is 14.4. The molecule has 0 unspecified atom stereocenters. The van der Waals surface area contributed by atoms with Gasteiger partial charge in [-0.25, -0.2) is 14.4 Å². The molecule has 0 radical (unpaired) electrons. The summed E-state index contributed by atoms with van der Waals surface area (Å²) in [6, 6.07) is 20.6. The Bertz CT molecular complexity index is 1350. The molecule has 0 aliphatic carbocycles. The molecule has 4 aromatic rings. The third-order valence-electron chi connectivity index (χ3n) is 5.48. The molecule has 0 saturated heterocycles. The maximum Gasteiger partial charge on any atom is 0.313 e. The minimum absolute atomic E-state index is 0.353. The van der Waals surface area contributed by atoms with Crippen LogP contribution in [0.1, 0.15) is 25.1 Å². The number of rotatable bonds is 7. The highest BCUT2D eigenvalue weighted by Gasteiger charge is 2.29. The number of aromatic nitrogens is 2. The number of pyridine rings is 2. The number of carboxylic acid groups (broad SMARTS) is 1. The predicted octanol–water partition coefficient (Wildman–Crippen LogP) is 6.49. The summed E-state index contributed by atoms with van der Waals surface area (Å²) in [7, 11) is 0. The van der Waals surface area contributed by atoms with Gasteiger partial charge in [0.1, 0.15) is 23.1 Å². The Labute approximate surface area is 197 Å². The molecule has 0 bridgehead atoms. The number of nitrogens with zero attached hydrogens (tertiary/aromatic N) is 2. The summed E-state index contributed by atoms with van der Waals surface area (Å²) >= 11 is 0. The summed E-state index contributed by atoms with van der Waals surface area (Å²) in [6.07, 6.45) is 1.59. The quantitative estimate of drug-likeness (QED) is 0.330. The van der Waals surface area contributed by atoms with Crippen LogP contribution in [0.4, 0.5) is 15.9 Å². The predicted molar refractivity (Wildman–Crippen MR) is 129 cm³/mol. The van der Waals surface area contributed by atoms with Crippen LogP contribution in [0.25, 0.3) is 11.3 Å². The Kier molecular flexibility index (Phi) is 6.27. The van der Waals surface area contributed by atoms with Gasteiger partial charge in [0.2, 0.25) is 0 Å². The highest BCUT2D eigenvalue weighted by molar-refractivity contribution is 5.81. The fourth-order valence-electron chi connectivity index (χ4n) is 3.40. The third kappa shape index (κ3) is 4.88. The number of anilines is 2. The van der Waals surface area contributed by atoms with Crippen LogP contribution < -0.4 is 10.1 Å².